The van der Waals surface area contributed by atoms with Crippen molar-refractivity contribution in [3.05, 3.63) is 76.3 Å². The molecule has 104 valence electrons. The molecule has 7 heteroatoms. The van der Waals surface area contributed by atoms with E-state index in [1.54, 1.807) is 24.3 Å². The van der Waals surface area contributed by atoms with Crippen LogP contribution < -0.4 is 4.18 Å². The Labute approximate surface area is 115 Å². The molecule has 1 atom stereocenters. The molecule has 0 heterocycles. The monoisotopic (exact) mass is 293 g/mol. The fourth-order valence-electron chi connectivity index (χ4n) is 1.67. The number of para-hydroxylation sites is 1. The molecule has 0 fully saturated rings. The van der Waals surface area contributed by atoms with Gasteiger partial charge in [-0.25, -0.2) is 0 Å². The lowest BCUT2D eigenvalue weighted by atomic mass is 10.2. The van der Waals surface area contributed by atoms with Crippen molar-refractivity contribution in [2.75, 3.05) is 0 Å². The van der Waals surface area contributed by atoms with Gasteiger partial charge in [0, 0.05) is 10.5 Å². The number of nitrogens with zero attached hydrogens (tertiary/aromatic N) is 1. The summed E-state index contributed by atoms with van der Waals surface area (Å²) >= 11 is 0. The molecule has 1 unspecified atom stereocenters. The minimum Gasteiger partial charge on any atom is -0.377 e. The summed E-state index contributed by atoms with van der Waals surface area (Å²) in [6.45, 7) is 0. The Morgan fingerprint density at radius 3 is 1.95 bits per heavy atom. The molecule has 6 nitrogen and oxygen atoms in total. The molecular weight excluding hydrogens is 282 g/mol. The van der Waals surface area contributed by atoms with Crippen LogP contribution in [0.2, 0.25) is 0 Å². The third-order valence-electron chi connectivity index (χ3n) is 2.51. The van der Waals surface area contributed by atoms with Crippen LogP contribution in [0.3, 0.4) is 0 Å². The molecule has 0 aliphatic rings. The Bertz CT molecular complexity index is 685. The smallest absolute Gasteiger partial charge is 0.377 e. The van der Waals surface area contributed by atoms with Crippen LogP contribution >= 0.6 is 0 Å². The second-order valence-corrected chi connectivity index (χ2v) is 5.54. The first kappa shape index (κ1) is 14.0. The normalized spacial score (nSPS) is 12.6. The predicted octanol–water partition coefficient (Wildman–Crippen LogP) is 2.37. The zero-order chi connectivity index (χ0) is 14.6. The van der Waals surface area contributed by atoms with E-state index in [2.05, 4.69) is 0 Å². The van der Waals surface area contributed by atoms with Gasteiger partial charge in [0.1, 0.15) is 5.75 Å². The highest BCUT2D eigenvalue weighted by Crippen LogP contribution is 2.26. The SMILES string of the molecule is O=[N+]([O-])C(c1ccccc1)S(=O)(=O)Oc1ccccc1. The van der Waals surface area contributed by atoms with Gasteiger partial charge in [-0.1, -0.05) is 48.5 Å². The molecular formula is C13H11NO5S. The number of hydrogen-bond acceptors (Lipinski definition) is 5. The molecule has 2 rings (SSSR count). The lowest BCUT2D eigenvalue weighted by molar-refractivity contribution is -0.503. The molecule has 0 saturated carbocycles. The predicted molar refractivity (Wildman–Crippen MR) is 72.2 cm³/mol. The summed E-state index contributed by atoms with van der Waals surface area (Å²) in [5.41, 5.74) is 0.0495. The van der Waals surface area contributed by atoms with Crippen molar-refractivity contribution in [2.45, 2.75) is 5.37 Å². The van der Waals surface area contributed by atoms with Crippen molar-refractivity contribution in [1.29, 1.82) is 0 Å². The van der Waals surface area contributed by atoms with Crippen LogP contribution in [0, 0.1) is 10.1 Å². The van der Waals surface area contributed by atoms with Crippen LogP contribution in [-0.4, -0.2) is 13.3 Å². The van der Waals surface area contributed by atoms with Crippen molar-refractivity contribution in [2.24, 2.45) is 0 Å². The summed E-state index contributed by atoms with van der Waals surface area (Å²) < 4.78 is 29.0. The van der Waals surface area contributed by atoms with Gasteiger partial charge in [-0.2, -0.15) is 8.42 Å². The van der Waals surface area contributed by atoms with Gasteiger partial charge in [0.2, 0.25) is 0 Å². The highest BCUT2D eigenvalue weighted by Gasteiger charge is 2.40. The minimum atomic E-state index is -4.43. The molecule has 20 heavy (non-hydrogen) atoms. The fourth-order valence-corrected chi connectivity index (χ4v) is 2.84. The van der Waals surface area contributed by atoms with E-state index in [0.717, 1.165) is 0 Å². The molecule has 0 amide bonds. The van der Waals surface area contributed by atoms with Crippen molar-refractivity contribution in [1.82, 2.24) is 0 Å². The standard InChI is InChI=1S/C13H11NO5S/c15-14(16)13(11-7-3-1-4-8-11)20(17,18)19-12-9-5-2-6-10-12/h1-10,13H. The summed E-state index contributed by atoms with van der Waals surface area (Å²) in [6.07, 6.45) is 0. The van der Waals surface area contributed by atoms with E-state index in [0.29, 0.717) is 0 Å². The molecule has 0 aliphatic heterocycles. The van der Waals surface area contributed by atoms with Gasteiger partial charge in [-0.15, -0.1) is 0 Å². The number of nitro groups is 1. The van der Waals surface area contributed by atoms with Crippen molar-refractivity contribution in [3.63, 3.8) is 0 Å². The molecule has 0 saturated heterocycles. The second kappa shape index (κ2) is 5.70. The average molecular weight is 293 g/mol. The van der Waals surface area contributed by atoms with Gasteiger partial charge in [-0.05, 0) is 12.1 Å². The van der Waals surface area contributed by atoms with Crippen molar-refractivity contribution in [3.8, 4) is 5.75 Å². The quantitative estimate of drug-likeness (QED) is 0.480. The van der Waals surface area contributed by atoms with Crippen LogP contribution in [0.1, 0.15) is 10.9 Å². The maximum absolute atomic E-state index is 12.1. The van der Waals surface area contributed by atoms with Gasteiger partial charge in [-0.3, -0.25) is 10.1 Å². The Hall–Kier alpha value is -2.41. The maximum Gasteiger partial charge on any atom is 0.384 e. The molecule has 0 aromatic heterocycles. The topological polar surface area (TPSA) is 86.5 Å². The molecule has 2 aromatic carbocycles. The van der Waals surface area contributed by atoms with E-state index in [9.17, 15) is 18.5 Å². The van der Waals surface area contributed by atoms with Gasteiger partial charge in [0.15, 0.2) is 0 Å². The van der Waals surface area contributed by atoms with Crippen LogP contribution in [-0.2, 0) is 10.1 Å². The van der Waals surface area contributed by atoms with E-state index < -0.39 is 20.4 Å². The fraction of sp³-hybridized carbons (Fsp3) is 0.0769. The Morgan fingerprint density at radius 1 is 0.950 bits per heavy atom. The average Bonchev–Trinajstić information content (AvgIpc) is 2.39. The van der Waals surface area contributed by atoms with E-state index in [4.69, 9.17) is 4.18 Å². The Balaban J connectivity index is 2.37. The molecule has 0 bridgehead atoms. The van der Waals surface area contributed by atoms with E-state index in [1.807, 2.05) is 0 Å². The van der Waals surface area contributed by atoms with Crippen LogP contribution in [0.4, 0.5) is 0 Å². The van der Waals surface area contributed by atoms with E-state index >= 15 is 0 Å². The minimum absolute atomic E-state index is 0.0373. The lowest BCUT2D eigenvalue weighted by Gasteiger charge is -2.11. The van der Waals surface area contributed by atoms with E-state index in [-0.39, 0.29) is 11.3 Å². The maximum atomic E-state index is 12.1. The summed E-state index contributed by atoms with van der Waals surface area (Å²) in [5, 5.41) is 9.13. The highest BCUT2D eigenvalue weighted by atomic mass is 32.2. The largest absolute Gasteiger partial charge is 0.384 e. The third kappa shape index (κ3) is 3.12. The molecule has 0 spiro atoms. The summed E-state index contributed by atoms with van der Waals surface area (Å²) in [7, 11) is -4.43. The molecule has 2 aromatic rings. The summed E-state index contributed by atoms with van der Waals surface area (Å²) in [6, 6.07) is 15.1. The first-order chi connectivity index (χ1) is 9.50. The lowest BCUT2D eigenvalue weighted by Crippen LogP contribution is -2.25. The van der Waals surface area contributed by atoms with Crippen LogP contribution in [0.5, 0.6) is 5.75 Å². The van der Waals surface area contributed by atoms with Crippen molar-refractivity contribution < 1.29 is 17.5 Å². The first-order valence-electron chi connectivity index (χ1n) is 5.67. The van der Waals surface area contributed by atoms with Gasteiger partial charge in [0.05, 0.1) is 0 Å². The molecule has 0 aliphatic carbocycles. The molecule has 0 radical (unpaired) electrons. The van der Waals surface area contributed by atoms with Crippen LogP contribution in [0.25, 0.3) is 0 Å². The zero-order valence-corrected chi connectivity index (χ0v) is 11.1. The Kier molecular flexibility index (Phi) is 3.99. The van der Waals surface area contributed by atoms with Gasteiger partial charge < -0.3 is 4.18 Å². The van der Waals surface area contributed by atoms with E-state index in [1.165, 1.54) is 36.4 Å². The highest BCUT2D eigenvalue weighted by molar-refractivity contribution is 7.87. The Morgan fingerprint density at radius 2 is 1.45 bits per heavy atom. The summed E-state index contributed by atoms with van der Waals surface area (Å²) in [4.78, 5) is 10.2. The zero-order valence-electron chi connectivity index (χ0n) is 10.2. The first-order valence-corrected chi connectivity index (χ1v) is 7.14. The van der Waals surface area contributed by atoms with Crippen molar-refractivity contribution >= 4 is 10.1 Å². The third-order valence-corrected chi connectivity index (χ3v) is 3.92. The van der Waals surface area contributed by atoms with Gasteiger partial charge in [0.25, 0.3) is 0 Å². The van der Waals surface area contributed by atoms with Crippen LogP contribution in [0.15, 0.2) is 60.7 Å². The summed E-state index contributed by atoms with van der Waals surface area (Å²) in [5.74, 6) is 0.0373. The number of benzene rings is 2. The number of hydrogen-bond donors (Lipinski definition) is 0. The van der Waals surface area contributed by atoms with Gasteiger partial charge >= 0.3 is 15.5 Å². The second-order valence-electron chi connectivity index (χ2n) is 3.94. The molecule has 0 N–H and O–H groups in total. The number of rotatable bonds is 5.